The highest BCUT2D eigenvalue weighted by atomic mass is 32.2. The van der Waals surface area contributed by atoms with Crippen LogP contribution >= 0.6 is 0 Å². The Morgan fingerprint density at radius 3 is 2.23 bits per heavy atom. The van der Waals surface area contributed by atoms with E-state index in [1.165, 1.54) is 38.4 Å². The van der Waals surface area contributed by atoms with Crippen LogP contribution in [-0.4, -0.2) is 20.4 Å². The largest absolute Gasteiger partial charge is 0.229 e. The number of sulfone groups is 1. The van der Waals surface area contributed by atoms with Crippen LogP contribution in [-0.2, 0) is 9.84 Å². The minimum absolute atomic E-state index is 0.371. The Balaban J connectivity index is 1.83. The van der Waals surface area contributed by atoms with Gasteiger partial charge in [0.15, 0.2) is 0 Å². The molecule has 2 nitrogen and oxygen atoms in total. The molecule has 0 spiro atoms. The number of unbranched alkanes of at least 4 members (excludes halogenated alkanes) is 3. The molecule has 0 amide bonds. The summed E-state index contributed by atoms with van der Waals surface area (Å²) in [6, 6.07) is 0. The molecule has 0 N–H and O–H groups in total. The molecule has 0 saturated heterocycles. The maximum absolute atomic E-state index is 10.8. The highest BCUT2D eigenvalue weighted by molar-refractivity contribution is 7.90. The van der Waals surface area contributed by atoms with Gasteiger partial charge in [-0.3, -0.25) is 0 Å². The number of rotatable bonds is 7. The summed E-state index contributed by atoms with van der Waals surface area (Å²) < 4.78 is 21.6. The van der Waals surface area contributed by atoms with Crippen LogP contribution in [0.1, 0.15) is 44.9 Å². The molecule has 0 aromatic carbocycles. The molecule has 0 aromatic heterocycles. The van der Waals surface area contributed by atoms with Gasteiger partial charge in [0.25, 0.3) is 0 Å². The second-order valence-corrected chi connectivity index (χ2v) is 6.54. The quantitative estimate of drug-likeness (QED) is 0.597. The van der Waals surface area contributed by atoms with Crippen molar-refractivity contribution in [3.05, 3.63) is 0 Å². The summed E-state index contributed by atoms with van der Waals surface area (Å²) in [5.74, 6) is 1.39. The zero-order chi connectivity index (χ0) is 9.73. The Bertz CT molecular complexity index is 227. The lowest BCUT2D eigenvalue weighted by Crippen LogP contribution is -2.02. The van der Waals surface area contributed by atoms with Gasteiger partial charge >= 0.3 is 0 Å². The molecule has 1 aliphatic carbocycles. The first-order chi connectivity index (χ1) is 6.08. The van der Waals surface area contributed by atoms with Crippen LogP contribution < -0.4 is 0 Å². The third-order valence-corrected chi connectivity index (χ3v) is 3.60. The Morgan fingerprint density at radius 2 is 1.69 bits per heavy atom. The van der Waals surface area contributed by atoms with Crippen molar-refractivity contribution in [2.24, 2.45) is 5.92 Å². The van der Waals surface area contributed by atoms with E-state index in [0.717, 1.165) is 18.8 Å². The molecule has 1 saturated carbocycles. The minimum atomic E-state index is -2.72. The Morgan fingerprint density at radius 1 is 1.08 bits per heavy atom. The topological polar surface area (TPSA) is 34.1 Å². The second-order valence-electron chi connectivity index (χ2n) is 4.28. The lowest BCUT2D eigenvalue weighted by Gasteiger charge is -1.99. The first-order valence-corrected chi connectivity index (χ1v) is 7.32. The predicted octanol–water partition coefficient (Wildman–Crippen LogP) is 2.39. The molecule has 1 rings (SSSR count). The molecule has 1 aliphatic rings. The first-order valence-electron chi connectivity index (χ1n) is 5.26. The van der Waals surface area contributed by atoms with Crippen molar-refractivity contribution in [2.45, 2.75) is 44.9 Å². The highest BCUT2D eigenvalue weighted by Crippen LogP contribution is 2.34. The van der Waals surface area contributed by atoms with Gasteiger partial charge in [-0.1, -0.05) is 38.5 Å². The fourth-order valence-corrected chi connectivity index (χ4v) is 2.29. The third kappa shape index (κ3) is 7.05. The molecule has 13 heavy (non-hydrogen) atoms. The van der Waals surface area contributed by atoms with Gasteiger partial charge in [-0.2, -0.15) is 0 Å². The van der Waals surface area contributed by atoms with Crippen molar-refractivity contribution in [1.82, 2.24) is 0 Å². The van der Waals surface area contributed by atoms with E-state index in [1.807, 2.05) is 0 Å². The zero-order valence-electron chi connectivity index (χ0n) is 8.46. The van der Waals surface area contributed by atoms with Crippen LogP contribution in [0, 0.1) is 5.92 Å². The van der Waals surface area contributed by atoms with E-state index in [0.29, 0.717) is 5.75 Å². The summed E-state index contributed by atoms with van der Waals surface area (Å²) in [5.41, 5.74) is 0. The van der Waals surface area contributed by atoms with Crippen LogP contribution in [0.25, 0.3) is 0 Å². The van der Waals surface area contributed by atoms with Crippen molar-refractivity contribution in [3.63, 3.8) is 0 Å². The third-order valence-electron chi connectivity index (χ3n) is 2.57. The molecule has 0 heterocycles. The molecular formula is C10H20O2S. The molecule has 1 fully saturated rings. The lowest BCUT2D eigenvalue weighted by molar-refractivity contribution is 0.580. The monoisotopic (exact) mass is 204 g/mol. The molecule has 0 unspecified atom stereocenters. The molecule has 78 valence electrons. The van der Waals surface area contributed by atoms with E-state index in [1.54, 1.807) is 0 Å². The summed E-state index contributed by atoms with van der Waals surface area (Å²) in [7, 11) is -2.72. The van der Waals surface area contributed by atoms with E-state index in [-0.39, 0.29) is 0 Å². The molecule has 0 bridgehead atoms. The van der Waals surface area contributed by atoms with Crippen molar-refractivity contribution in [1.29, 1.82) is 0 Å². The van der Waals surface area contributed by atoms with E-state index in [9.17, 15) is 8.42 Å². The SMILES string of the molecule is CS(=O)(=O)CCCCCCC1CC1. The van der Waals surface area contributed by atoms with E-state index in [2.05, 4.69) is 0 Å². The van der Waals surface area contributed by atoms with Gasteiger partial charge < -0.3 is 0 Å². The highest BCUT2D eigenvalue weighted by Gasteiger charge is 2.19. The van der Waals surface area contributed by atoms with Gasteiger partial charge in [0.1, 0.15) is 9.84 Å². The predicted molar refractivity (Wildman–Crippen MR) is 55.5 cm³/mol. The Kier molecular flexibility index (Phi) is 4.23. The van der Waals surface area contributed by atoms with Crippen molar-refractivity contribution in [2.75, 3.05) is 12.0 Å². The summed E-state index contributed by atoms with van der Waals surface area (Å²) in [6.07, 6.45) is 10.0. The van der Waals surface area contributed by atoms with Crippen molar-refractivity contribution in [3.8, 4) is 0 Å². The van der Waals surface area contributed by atoms with Gasteiger partial charge in [0, 0.05) is 12.0 Å². The van der Waals surface area contributed by atoms with Crippen LogP contribution in [0.15, 0.2) is 0 Å². The molecule has 0 radical (unpaired) electrons. The Hall–Kier alpha value is -0.0500. The summed E-state index contributed by atoms with van der Waals surface area (Å²) in [5, 5.41) is 0. The minimum Gasteiger partial charge on any atom is -0.229 e. The molecule has 3 heteroatoms. The number of hydrogen-bond donors (Lipinski definition) is 0. The van der Waals surface area contributed by atoms with E-state index >= 15 is 0 Å². The summed E-state index contributed by atoms with van der Waals surface area (Å²) in [6.45, 7) is 0. The standard InChI is InChI=1S/C10H20O2S/c1-13(11,12)9-5-3-2-4-6-10-7-8-10/h10H,2-9H2,1H3. The van der Waals surface area contributed by atoms with Gasteiger partial charge in [-0.25, -0.2) is 8.42 Å². The lowest BCUT2D eigenvalue weighted by atomic mass is 10.1. The number of hydrogen-bond acceptors (Lipinski definition) is 2. The fourth-order valence-electron chi connectivity index (χ4n) is 1.56. The summed E-state index contributed by atoms with van der Waals surface area (Å²) in [4.78, 5) is 0. The smallest absolute Gasteiger partial charge is 0.147 e. The molecule has 0 atom stereocenters. The normalized spacial score (nSPS) is 17.6. The van der Waals surface area contributed by atoms with Crippen LogP contribution in [0.2, 0.25) is 0 Å². The van der Waals surface area contributed by atoms with E-state index in [4.69, 9.17) is 0 Å². The first kappa shape index (κ1) is 11.0. The fraction of sp³-hybridized carbons (Fsp3) is 1.00. The zero-order valence-corrected chi connectivity index (χ0v) is 9.28. The summed E-state index contributed by atoms with van der Waals surface area (Å²) >= 11 is 0. The molecule has 0 aromatic rings. The van der Waals surface area contributed by atoms with Gasteiger partial charge in [-0.05, 0) is 12.3 Å². The molecule has 0 aliphatic heterocycles. The van der Waals surface area contributed by atoms with Gasteiger partial charge in [-0.15, -0.1) is 0 Å². The second kappa shape index (κ2) is 4.99. The van der Waals surface area contributed by atoms with Gasteiger partial charge in [0.2, 0.25) is 0 Å². The van der Waals surface area contributed by atoms with Crippen LogP contribution in [0.5, 0.6) is 0 Å². The van der Waals surface area contributed by atoms with Crippen molar-refractivity contribution >= 4 is 9.84 Å². The van der Waals surface area contributed by atoms with Crippen LogP contribution in [0.4, 0.5) is 0 Å². The van der Waals surface area contributed by atoms with E-state index < -0.39 is 9.84 Å². The average molecular weight is 204 g/mol. The van der Waals surface area contributed by atoms with Crippen molar-refractivity contribution < 1.29 is 8.42 Å². The maximum Gasteiger partial charge on any atom is 0.147 e. The maximum atomic E-state index is 10.8. The molecular weight excluding hydrogens is 184 g/mol. The van der Waals surface area contributed by atoms with Gasteiger partial charge in [0.05, 0.1) is 0 Å². The Labute approximate surface area is 81.6 Å². The van der Waals surface area contributed by atoms with Crippen LogP contribution in [0.3, 0.4) is 0 Å². The average Bonchev–Trinajstić information content (AvgIpc) is 2.77.